The topological polar surface area (TPSA) is 46.6 Å². The van der Waals surface area contributed by atoms with Crippen molar-refractivity contribution >= 4 is 23.5 Å². The minimum atomic E-state index is -0.757. The molecule has 0 aliphatic carbocycles. The number of carbonyl (C=O) groups is 2. The lowest BCUT2D eigenvalue weighted by Gasteiger charge is -2.34. The Labute approximate surface area is 125 Å². The van der Waals surface area contributed by atoms with Crippen molar-refractivity contribution in [2.75, 3.05) is 24.6 Å². The first kappa shape index (κ1) is 15.3. The SMILES string of the molecule is C1=Cc2cccc3c2N(C1)CCC3.CCOC(=O)C(C)=O. The first-order valence-corrected chi connectivity index (χ1v) is 7.34. The van der Waals surface area contributed by atoms with E-state index in [1.165, 1.54) is 43.1 Å². The molecule has 0 fully saturated rings. The maximum atomic E-state index is 10.2. The molecule has 1 aromatic carbocycles. The number of hydrogen-bond acceptors (Lipinski definition) is 4. The third kappa shape index (κ3) is 3.72. The molecule has 4 heteroatoms. The van der Waals surface area contributed by atoms with Crippen molar-refractivity contribution < 1.29 is 14.3 Å². The van der Waals surface area contributed by atoms with Gasteiger partial charge in [0.1, 0.15) is 0 Å². The Morgan fingerprint density at radius 3 is 2.81 bits per heavy atom. The summed E-state index contributed by atoms with van der Waals surface area (Å²) in [5, 5.41) is 0. The lowest BCUT2D eigenvalue weighted by Crippen LogP contribution is -2.31. The number of carbonyl (C=O) groups excluding carboxylic acids is 2. The second-order valence-electron chi connectivity index (χ2n) is 5.08. The van der Waals surface area contributed by atoms with Crippen LogP contribution in [0.25, 0.3) is 6.08 Å². The predicted molar refractivity (Wildman–Crippen MR) is 83.3 cm³/mol. The van der Waals surface area contributed by atoms with E-state index in [9.17, 15) is 9.59 Å². The normalized spacial score (nSPS) is 14.7. The van der Waals surface area contributed by atoms with Gasteiger partial charge in [-0.2, -0.15) is 0 Å². The van der Waals surface area contributed by atoms with Gasteiger partial charge in [-0.3, -0.25) is 4.79 Å². The van der Waals surface area contributed by atoms with Crippen LogP contribution in [-0.4, -0.2) is 31.4 Å². The van der Waals surface area contributed by atoms with Crippen LogP contribution in [0.4, 0.5) is 5.69 Å². The maximum Gasteiger partial charge on any atom is 0.374 e. The highest BCUT2D eigenvalue weighted by atomic mass is 16.5. The lowest BCUT2D eigenvalue weighted by molar-refractivity contribution is -0.152. The van der Waals surface area contributed by atoms with E-state index in [-0.39, 0.29) is 6.61 Å². The number of nitrogens with zero attached hydrogens (tertiary/aromatic N) is 1. The van der Waals surface area contributed by atoms with Gasteiger partial charge in [-0.15, -0.1) is 0 Å². The quantitative estimate of drug-likeness (QED) is 0.619. The van der Waals surface area contributed by atoms with Crippen LogP contribution in [0.2, 0.25) is 0 Å². The number of hydrogen-bond donors (Lipinski definition) is 0. The molecule has 112 valence electrons. The number of Topliss-reactive ketones (excluding diaryl/α,β-unsaturated/α-hetero) is 1. The molecule has 0 aromatic heterocycles. The molecule has 3 rings (SSSR count). The monoisotopic (exact) mass is 287 g/mol. The number of rotatable bonds is 2. The molecular formula is C17H21NO3. The van der Waals surface area contributed by atoms with E-state index in [0.29, 0.717) is 0 Å². The fraction of sp³-hybridized carbons (Fsp3) is 0.412. The minimum Gasteiger partial charge on any atom is -0.460 e. The van der Waals surface area contributed by atoms with Gasteiger partial charge in [-0.1, -0.05) is 30.4 Å². The average Bonchev–Trinajstić information content (AvgIpc) is 2.49. The second-order valence-corrected chi connectivity index (χ2v) is 5.08. The zero-order valence-electron chi connectivity index (χ0n) is 12.6. The minimum absolute atomic E-state index is 0.262. The van der Waals surface area contributed by atoms with Gasteiger partial charge in [0.05, 0.1) is 6.61 Å². The second kappa shape index (κ2) is 7.07. The molecule has 2 aliphatic heterocycles. The highest BCUT2D eigenvalue weighted by Gasteiger charge is 2.19. The van der Waals surface area contributed by atoms with Crippen molar-refractivity contribution in [1.82, 2.24) is 0 Å². The number of para-hydroxylation sites is 1. The highest BCUT2D eigenvalue weighted by Crippen LogP contribution is 2.33. The van der Waals surface area contributed by atoms with Gasteiger partial charge in [0.15, 0.2) is 0 Å². The van der Waals surface area contributed by atoms with Crippen LogP contribution >= 0.6 is 0 Å². The van der Waals surface area contributed by atoms with Crippen molar-refractivity contribution in [3.05, 3.63) is 35.4 Å². The molecule has 0 saturated heterocycles. The fourth-order valence-corrected chi connectivity index (χ4v) is 2.63. The van der Waals surface area contributed by atoms with Gasteiger partial charge in [-0.05, 0) is 30.9 Å². The van der Waals surface area contributed by atoms with E-state index < -0.39 is 11.8 Å². The number of aryl methyl sites for hydroxylation is 1. The summed E-state index contributed by atoms with van der Waals surface area (Å²) in [5.74, 6) is -1.31. The van der Waals surface area contributed by atoms with Gasteiger partial charge in [0.25, 0.3) is 0 Å². The predicted octanol–water partition coefficient (Wildman–Crippen LogP) is 2.60. The maximum absolute atomic E-state index is 10.2. The summed E-state index contributed by atoms with van der Waals surface area (Å²) in [6.45, 7) is 5.43. The summed E-state index contributed by atoms with van der Waals surface area (Å²) < 4.78 is 4.31. The van der Waals surface area contributed by atoms with Crippen LogP contribution in [0.3, 0.4) is 0 Å². The van der Waals surface area contributed by atoms with Crippen LogP contribution in [0.15, 0.2) is 24.3 Å². The summed E-state index contributed by atoms with van der Waals surface area (Å²) in [6, 6.07) is 6.66. The molecule has 1 aromatic rings. The molecule has 0 amide bonds. The molecule has 2 aliphatic rings. The first-order valence-electron chi connectivity index (χ1n) is 7.34. The molecule has 0 atom stereocenters. The Bertz CT molecular complexity index is 563. The van der Waals surface area contributed by atoms with E-state index in [1.807, 2.05) is 0 Å². The molecule has 4 nitrogen and oxygen atoms in total. The summed E-state index contributed by atoms with van der Waals surface area (Å²) in [5.41, 5.74) is 4.44. The standard InChI is InChI=1S/C12H13N.C5H8O3/c1-4-10-6-2-8-13-9-3-7-11(5-1)12(10)13;1-3-8-5(7)4(2)6/h1-2,4-6H,3,7-9H2;3H2,1-2H3. The molecule has 0 radical (unpaired) electrons. The molecule has 0 spiro atoms. The van der Waals surface area contributed by atoms with E-state index in [4.69, 9.17) is 0 Å². The molecule has 0 saturated carbocycles. The molecule has 0 unspecified atom stereocenters. The van der Waals surface area contributed by atoms with E-state index >= 15 is 0 Å². The average molecular weight is 287 g/mol. The number of anilines is 1. The lowest BCUT2D eigenvalue weighted by atomic mass is 9.95. The van der Waals surface area contributed by atoms with Crippen LogP contribution < -0.4 is 4.90 Å². The van der Waals surface area contributed by atoms with E-state index in [1.54, 1.807) is 6.92 Å². The van der Waals surface area contributed by atoms with Gasteiger partial charge >= 0.3 is 5.97 Å². The summed E-state index contributed by atoms with van der Waals surface area (Å²) in [7, 11) is 0. The zero-order chi connectivity index (χ0) is 15.2. The molecule has 0 bridgehead atoms. The van der Waals surface area contributed by atoms with Crippen LogP contribution in [0, 0.1) is 0 Å². The Morgan fingerprint density at radius 2 is 2.14 bits per heavy atom. The summed E-state index contributed by atoms with van der Waals surface area (Å²) in [6.07, 6.45) is 7.08. The molecule has 2 heterocycles. The Balaban J connectivity index is 0.000000177. The molecular weight excluding hydrogens is 266 g/mol. The number of benzene rings is 1. The van der Waals surface area contributed by atoms with E-state index in [2.05, 4.69) is 40.0 Å². The Kier molecular flexibility index (Phi) is 5.14. The number of esters is 1. The zero-order valence-corrected chi connectivity index (χ0v) is 12.6. The van der Waals surface area contributed by atoms with Gasteiger partial charge < -0.3 is 9.64 Å². The largest absolute Gasteiger partial charge is 0.460 e. The fourth-order valence-electron chi connectivity index (χ4n) is 2.63. The van der Waals surface area contributed by atoms with Crippen molar-refractivity contribution in [1.29, 1.82) is 0 Å². The van der Waals surface area contributed by atoms with Crippen LogP contribution in [0.1, 0.15) is 31.4 Å². The third-order valence-electron chi connectivity index (χ3n) is 3.53. The Morgan fingerprint density at radius 1 is 1.33 bits per heavy atom. The van der Waals surface area contributed by atoms with Gasteiger partial charge in [-0.25, -0.2) is 4.79 Å². The van der Waals surface area contributed by atoms with Crippen molar-refractivity contribution in [3.8, 4) is 0 Å². The van der Waals surface area contributed by atoms with Crippen molar-refractivity contribution in [3.63, 3.8) is 0 Å². The summed E-state index contributed by atoms with van der Waals surface area (Å²) >= 11 is 0. The van der Waals surface area contributed by atoms with Crippen molar-refractivity contribution in [2.45, 2.75) is 26.7 Å². The number of ether oxygens (including phenoxy) is 1. The summed E-state index contributed by atoms with van der Waals surface area (Å²) in [4.78, 5) is 22.7. The van der Waals surface area contributed by atoms with Crippen molar-refractivity contribution in [2.24, 2.45) is 0 Å². The Hall–Kier alpha value is -2.10. The third-order valence-corrected chi connectivity index (χ3v) is 3.53. The molecule has 0 N–H and O–H groups in total. The van der Waals surface area contributed by atoms with Crippen LogP contribution in [-0.2, 0) is 20.7 Å². The number of ketones is 1. The van der Waals surface area contributed by atoms with Gasteiger partial charge in [0, 0.05) is 25.7 Å². The van der Waals surface area contributed by atoms with Crippen LogP contribution in [0.5, 0.6) is 0 Å². The smallest absolute Gasteiger partial charge is 0.374 e. The van der Waals surface area contributed by atoms with Gasteiger partial charge in [0.2, 0.25) is 5.78 Å². The molecule has 21 heavy (non-hydrogen) atoms. The highest BCUT2D eigenvalue weighted by molar-refractivity contribution is 6.32. The first-order chi connectivity index (χ1) is 10.1. The van der Waals surface area contributed by atoms with E-state index in [0.717, 1.165) is 6.54 Å².